The summed E-state index contributed by atoms with van der Waals surface area (Å²) in [5.41, 5.74) is 2.35. The zero-order valence-electron chi connectivity index (χ0n) is 11.4. The van der Waals surface area contributed by atoms with Gasteiger partial charge in [0, 0.05) is 17.1 Å². The van der Waals surface area contributed by atoms with E-state index in [2.05, 4.69) is 11.6 Å². The molecule has 3 aromatic rings. The molecule has 0 aliphatic rings. The Morgan fingerprint density at radius 1 is 1.27 bits per heavy atom. The Kier molecular flexibility index (Phi) is 3.56. The molecule has 0 spiro atoms. The molecule has 3 rings (SSSR count). The number of pyridine rings is 1. The fourth-order valence-corrected chi connectivity index (χ4v) is 3.27. The first kappa shape index (κ1) is 14.2. The average molecular weight is 309 g/mol. The van der Waals surface area contributed by atoms with E-state index in [-0.39, 0.29) is 5.69 Å². The van der Waals surface area contributed by atoms with Crippen molar-refractivity contribution in [2.75, 3.05) is 0 Å². The summed E-state index contributed by atoms with van der Waals surface area (Å²) in [6.07, 6.45) is 2.22. The van der Waals surface area contributed by atoms with Gasteiger partial charge >= 0.3 is 5.97 Å². The number of carbonyl (C=O) groups excluding carboxylic acids is 1. The normalized spacial score (nSPS) is 10.5. The molecule has 0 aliphatic carbocycles. The van der Waals surface area contributed by atoms with Crippen molar-refractivity contribution in [2.24, 2.45) is 0 Å². The van der Waals surface area contributed by atoms with E-state index in [9.17, 15) is 14.7 Å². The molecule has 0 unspecified atom stereocenters. The molecular weight excluding hydrogens is 298 g/mol. The summed E-state index contributed by atoms with van der Waals surface area (Å²) in [7, 11) is 0. The van der Waals surface area contributed by atoms with Crippen molar-refractivity contribution in [2.45, 2.75) is 0 Å². The van der Waals surface area contributed by atoms with Crippen LogP contribution in [-0.4, -0.2) is 22.3 Å². The Labute approximate surface area is 130 Å². The SMILES string of the molecule is C=C(c1ccccc1)c1cnc(C(=O)O)c2sc(C=O)cc12. The summed E-state index contributed by atoms with van der Waals surface area (Å²) >= 11 is 1.13. The predicted octanol–water partition coefficient (Wildman–Crippen LogP) is 3.87. The maximum absolute atomic E-state index is 11.3. The maximum atomic E-state index is 11.3. The van der Waals surface area contributed by atoms with Gasteiger partial charge in [-0.2, -0.15) is 0 Å². The molecule has 0 amide bonds. The minimum absolute atomic E-state index is 0.0438. The minimum Gasteiger partial charge on any atom is -0.476 e. The van der Waals surface area contributed by atoms with E-state index < -0.39 is 5.97 Å². The number of rotatable bonds is 4. The van der Waals surface area contributed by atoms with Crippen LogP contribution in [0.2, 0.25) is 0 Å². The number of aldehydes is 1. The number of hydrogen-bond donors (Lipinski definition) is 1. The lowest BCUT2D eigenvalue weighted by atomic mass is 9.98. The molecule has 2 heterocycles. The lowest BCUT2D eigenvalue weighted by Gasteiger charge is -2.08. The fraction of sp³-hybridized carbons (Fsp3) is 0. The van der Waals surface area contributed by atoms with E-state index in [4.69, 9.17) is 0 Å². The highest BCUT2D eigenvalue weighted by atomic mass is 32.1. The van der Waals surface area contributed by atoms with Crippen LogP contribution in [0.25, 0.3) is 15.7 Å². The number of carboxylic acid groups (broad SMARTS) is 1. The average Bonchev–Trinajstić information content (AvgIpc) is 2.98. The number of hydrogen-bond acceptors (Lipinski definition) is 4. The zero-order chi connectivity index (χ0) is 15.7. The molecule has 1 N–H and O–H groups in total. The van der Waals surface area contributed by atoms with Crippen LogP contribution in [0.5, 0.6) is 0 Å². The Morgan fingerprint density at radius 3 is 2.64 bits per heavy atom. The van der Waals surface area contributed by atoms with Crippen molar-refractivity contribution in [3.05, 3.63) is 70.9 Å². The number of benzene rings is 1. The summed E-state index contributed by atoms with van der Waals surface area (Å²) in [4.78, 5) is 26.8. The van der Waals surface area contributed by atoms with Crippen LogP contribution in [0.1, 0.15) is 31.3 Å². The number of carbonyl (C=O) groups is 2. The number of aromatic nitrogens is 1. The van der Waals surface area contributed by atoms with Crippen LogP contribution in [0.15, 0.2) is 49.2 Å². The summed E-state index contributed by atoms with van der Waals surface area (Å²) in [6, 6.07) is 11.2. The van der Waals surface area contributed by atoms with E-state index in [0.717, 1.165) is 28.0 Å². The van der Waals surface area contributed by atoms with Crippen LogP contribution < -0.4 is 0 Å². The molecule has 0 radical (unpaired) electrons. The largest absolute Gasteiger partial charge is 0.476 e. The number of fused-ring (bicyclic) bond motifs is 1. The van der Waals surface area contributed by atoms with Gasteiger partial charge in [0.05, 0.1) is 9.58 Å². The van der Waals surface area contributed by atoms with Crippen LogP contribution in [0.3, 0.4) is 0 Å². The van der Waals surface area contributed by atoms with Gasteiger partial charge in [0.25, 0.3) is 0 Å². The van der Waals surface area contributed by atoms with Gasteiger partial charge in [0.1, 0.15) is 0 Å². The van der Waals surface area contributed by atoms with E-state index in [1.807, 2.05) is 30.3 Å². The zero-order valence-corrected chi connectivity index (χ0v) is 12.3. The highest BCUT2D eigenvalue weighted by molar-refractivity contribution is 7.20. The first-order valence-electron chi connectivity index (χ1n) is 6.47. The van der Waals surface area contributed by atoms with E-state index in [0.29, 0.717) is 21.2 Å². The minimum atomic E-state index is -1.11. The number of aromatic carboxylic acids is 1. The monoisotopic (exact) mass is 309 g/mol. The smallest absolute Gasteiger partial charge is 0.355 e. The molecule has 22 heavy (non-hydrogen) atoms. The van der Waals surface area contributed by atoms with Crippen LogP contribution in [0, 0.1) is 0 Å². The van der Waals surface area contributed by atoms with Crippen molar-refractivity contribution in [3.63, 3.8) is 0 Å². The molecule has 0 atom stereocenters. The van der Waals surface area contributed by atoms with Crippen molar-refractivity contribution >= 4 is 39.3 Å². The Bertz CT molecular complexity index is 897. The standard InChI is InChI=1S/C17H11NO3S/c1-10(11-5-3-2-4-6-11)14-8-18-15(17(20)21)16-13(14)7-12(9-19)22-16/h2-9H,1H2,(H,20,21). The van der Waals surface area contributed by atoms with Gasteiger partial charge in [-0.3, -0.25) is 4.79 Å². The molecule has 4 nitrogen and oxygen atoms in total. The summed E-state index contributed by atoms with van der Waals surface area (Å²) < 4.78 is 0.490. The van der Waals surface area contributed by atoms with Crippen molar-refractivity contribution in [1.82, 2.24) is 4.98 Å². The molecule has 108 valence electrons. The molecule has 2 aromatic heterocycles. The van der Waals surface area contributed by atoms with Crippen molar-refractivity contribution < 1.29 is 14.7 Å². The van der Waals surface area contributed by atoms with Gasteiger partial charge in [0.15, 0.2) is 12.0 Å². The van der Waals surface area contributed by atoms with Crippen molar-refractivity contribution in [3.8, 4) is 0 Å². The second-order valence-electron chi connectivity index (χ2n) is 4.68. The first-order valence-corrected chi connectivity index (χ1v) is 7.29. The summed E-state index contributed by atoms with van der Waals surface area (Å²) in [6.45, 7) is 4.08. The molecule has 1 aromatic carbocycles. The summed E-state index contributed by atoms with van der Waals surface area (Å²) in [5, 5.41) is 9.93. The second-order valence-corrected chi connectivity index (χ2v) is 5.76. The topological polar surface area (TPSA) is 67.3 Å². The third kappa shape index (κ3) is 2.31. The van der Waals surface area contributed by atoms with Crippen molar-refractivity contribution in [1.29, 1.82) is 0 Å². The third-order valence-corrected chi connectivity index (χ3v) is 4.41. The van der Waals surface area contributed by atoms with E-state index in [1.165, 1.54) is 6.20 Å². The Morgan fingerprint density at radius 2 is 2.00 bits per heavy atom. The first-order chi connectivity index (χ1) is 10.6. The maximum Gasteiger partial charge on any atom is 0.355 e. The number of thiophene rings is 1. The molecule has 0 bridgehead atoms. The predicted molar refractivity (Wildman–Crippen MR) is 86.5 cm³/mol. The van der Waals surface area contributed by atoms with Gasteiger partial charge < -0.3 is 5.11 Å². The second kappa shape index (κ2) is 5.54. The van der Waals surface area contributed by atoms with Gasteiger partial charge in [-0.25, -0.2) is 9.78 Å². The van der Waals surface area contributed by atoms with Gasteiger partial charge in [-0.05, 0) is 17.2 Å². The molecule has 0 saturated heterocycles. The molecule has 0 saturated carbocycles. The fourth-order valence-electron chi connectivity index (χ4n) is 2.29. The van der Waals surface area contributed by atoms with E-state index >= 15 is 0 Å². The van der Waals surface area contributed by atoms with Crippen LogP contribution >= 0.6 is 11.3 Å². The summed E-state index contributed by atoms with van der Waals surface area (Å²) in [5.74, 6) is -1.11. The quantitative estimate of drug-likeness (QED) is 0.743. The molecule has 5 heteroatoms. The molecule has 0 aliphatic heterocycles. The van der Waals surface area contributed by atoms with Crippen LogP contribution in [0.4, 0.5) is 0 Å². The van der Waals surface area contributed by atoms with Crippen LogP contribution in [-0.2, 0) is 0 Å². The highest BCUT2D eigenvalue weighted by Gasteiger charge is 2.18. The lowest BCUT2D eigenvalue weighted by Crippen LogP contribution is -2.01. The molecule has 0 fully saturated rings. The molecular formula is C17H11NO3S. The highest BCUT2D eigenvalue weighted by Crippen LogP contribution is 2.34. The number of nitrogens with zero attached hydrogens (tertiary/aromatic N) is 1. The number of carboxylic acids is 1. The Balaban J connectivity index is 2.25. The van der Waals surface area contributed by atoms with Gasteiger partial charge in [-0.15, -0.1) is 11.3 Å². The third-order valence-electron chi connectivity index (χ3n) is 3.35. The van der Waals surface area contributed by atoms with E-state index in [1.54, 1.807) is 6.07 Å². The lowest BCUT2D eigenvalue weighted by molar-refractivity contribution is 0.0693. The van der Waals surface area contributed by atoms with Gasteiger partial charge in [-0.1, -0.05) is 36.9 Å². The van der Waals surface area contributed by atoms with Gasteiger partial charge in [0.2, 0.25) is 0 Å². The Hall–Kier alpha value is -2.79.